The van der Waals surface area contributed by atoms with E-state index in [1.165, 1.54) is 30.9 Å². The molecule has 2 heterocycles. The van der Waals surface area contributed by atoms with Gasteiger partial charge in [-0.3, -0.25) is 0 Å². The Labute approximate surface area is 269 Å². The smallest absolute Gasteiger partial charge is 0.172 e. The molecule has 0 spiro atoms. The normalized spacial score (nSPS) is 12.0. The second-order valence-corrected chi connectivity index (χ2v) is 12.6. The average molecular weight is 618 g/mol. The predicted molar refractivity (Wildman–Crippen MR) is 189 cm³/mol. The molecule has 0 saturated heterocycles. The maximum atomic E-state index is 6.36. The number of benzene rings is 7. The van der Waals surface area contributed by atoms with Crippen molar-refractivity contribution in [3.63, 3.8) is 0 Å². The van der Waals surface area contributed by atoms with Crippen molar-refractivity contribution in [2.75, 3.05) is 4.90 Å². The number of thiophene rings is 1. The summed E-state index contributed by atoms with van der Waals surface area (Å²) in [5.74, 6) is 2.79. The molecule has 0 N–H and O–H groups in total. The van der Waals surface area contributed by atoms with Gasteiger partial charge in [-0.05, 0) is 88.6 Å². The van der Waals surface area contributed by atoms with E-state index >= 15 is 0 Å². The van der Waals surface area contributed by atoms with Gasteiger partial charge in [0.05, 0.1) is 5.69 Å². The number of ether oxygens (including phenoxy) is 2. The minimum atomic E-state index is 0.679. The molecule has 1 aromatic heterocycles. The van der Waals surface area contributed by atoms with Crippen LogP contribution >= 0.6 is 22.9 Å². The van der Waals surface area contributed by atoms with Crippen molar-refractivity contribution in [2.45, 2.75) is 0 Å². The van der Waals surface area contributed by atoms with Gasteiger partial charge in [-0.25, -0.2) is 0 Å². The van der Waals surface area contributed by atoms with Crippen LogP contribution in [0.5, 0.6) is 23.0 Å². The van der Waals surface area contributed by atoms with Crippen LogP contribution in [0.25, 0.3) is 42.1 Å². The first-order chi connectivity index (χ1) is 22.2. The van der Waals surface area contributed by atoms with Crippen molar-refractivity contribution in [3.8, 4) is 34.1 Å². The van der Waals surface area contributed by atoms with Crippen LogP contribution in [0.4, 0.5) is 17.1 Å². The molecular formula is C40H24ClNO2S. The van der Waals surface area contributed by atoms with E-state index in [1.54, 1.807) is 0 Å². The lowest BCUT2D eigenvalue weighted by molar-refractivity contribution is 0.360. The fraction of sp³-hybridized carbons (Fsp3) is 0. The highest BCUT2D eigenvalue weighted by Crippen LogP contribution is 2.50. The maximum Gasteiger partial charge on any atom is 0.172 e. The summed E-state index contributed by atoms with van der Waals surface area (Å²) in [6, 6.07) is 50.4. The quantitative estimate of drug-likeness (QED) is 0.196. The Morgan fingerprint density at radius 1 is 0.489 bits per heavy atom. The Morgan fingerprint density at radius 3 is 2.00 bits per heavy atom. The second kappa shape index (κ2) is 10.4. The Morgan fingerprint density at radius 2 is 1.16 bits per heavy atom. The van der Waals surface area contributed by atoms with Crippen molar-refractivity contribution in [1.82, 2.24) is 0 Å². The molecule has 8 aromatic rings. The van der Waals surface area contributed by atoms with Crippen LogP contribution in [0.2, 0.25) is 5.02 Å². The lowest BCUT2D eigenvalue weighted by Crippen LogP contribution is -2.11. The van der Waals surface area contributed by atoms with Gasteiger partial charge < -0.3 is 14.4 Å². The molecule has 3 nitrogen and oxygen atoms in total. The van der Waals surface area contributed by atoms with Gasteiger partial charge in [0.1, 0.15) is 0 Å². The van der Waals surface area contributed by atoms with Crippen LogP contribution in [-0.2, 0) is 0 Å². The molecule has 0 unspecified atom stereocenters. The predicted octanol–water partition coefficient (Wildman–Crippen LogP) is 12.9. The third kappa shape index (κ3) is 4.50. The van der Waals surface area contributed by atoms with E-state index in [9.17, 15) is 0 Å². The number of halogens is 1. The van der Waals surface area contributed by atoms with E-state index in [-0.39, 0.29) is 0 Å². The summed E-state index contributed by atoms with van der Waals surface area (Å²) in [6.45, 7) is 0. The minimum Gasteiger partial charge on any atom is -0.450 e. The fourth-order valence-corrected chi connectivity index (χ4v) is 7.54. The van der Waals surface area contributed by atoms with Crippen LogP contribution in [-0.4, -0.2) is 0 Å². The fourth-order valence-electron chi connectivity index (χ4n) is 6.24. The Kier molecular flexibility index (Phi) is 6.05. The molecule has 0 aliphatic carbocycles. The third-order valence-corrected chi connectivity index (χ3v) is 9.71. The average Bonchev–Trinajstić information content (AvgIpc) is 3.46. The van der Waals surface area contributed by atoms with E-state index in [0.29, 0.717) is 23.0 Å². The third-order valence-electron chi connectivity index (χ3n) is 8.34. The summed E-state index contributed by atoms with van der Waals surface area (Å²) in [4.78, 5) is 2.31. The summed E-state index contributed by atoms with van der Waals surface area (Å²) >= 11 is 8.16. The van der Waals surface area contributed by atoms with Gasteiger partial charge in [-0.15, -0.1) is 11.3 Å². The summed E-state index contributed by atoms with van der Waals surface area (Å²) in [6.07, 6.45) is 0. The molecule has 1 aliphatic rings. The van der Waals surface area contributed by atoms with Gasteiger partial charge in [0.25, 0.3) is 0 Å². The molecule has 45 heavy (non-hydrogen) atoms. The van der Waals surface area contributed by atoms with Crippen molar-refractivity contribution >= 4 is 70.9 Å². The molecule has 9 rings (SSSR count). The van der Waals surface area contributed by atoms with Crippen LogP contribution in [0, 0.1) is 0 Å². The van der Waals surface area contributed by atoms with Crippen molar-refractivity contribution in [2.24, 2.45) is 0 Å². The van der Waals surface area contributed by atoms with Crippen molar-refractivity contribution in [3.05, 3.63) is 151 Å². The van der Waals surface area contributed by atoms with E-state index < -0.39 is 0 Å². The lowest BCUT2D eigenvalue weighted by Gasteiger charge is -2.28. The molecule has 0 radical (unpaired) electrons. The van der Waals surface area contributed by atoms with Crippen molar-refractivity contribution in [1.29, 1.82) is 0 Å². The molecule has 0 bridgehead atoms. The van der Waals surface area contributed by atoms with Gasteiger partial charge in [0.2, 0.25) is 0 Å². The standard InChI is InChI=1S/C40H24ClNO2S/c41-28-16-13-26(14-17-28)33-22-31(24-39-40(33)32-9-3-6-12-38(32)45-39)42(29-18-15-25-7-1-2-8-27(25)21-29)30-19-20-36-37(23-30)44-35-11-5-4-10-34(35)43-36/h1-24H. The number of nitrogens with zero attached hydrogens (tertiary/aromatic N) is 1. The summed E-state index contributed by atoms with van der Waals surface area (Å²) in [7, 11) is 0. The molecule has 7 aromatic carbocycles. The first-order valence-corrected chi connectivity index (χ1v) is 16.0. The molecule has 0 fully saturated rings. The molecule has 0 saturated carbocycles. The Balaban J connectivity index is 1.29. The van der Waals surface area contributed by atoms with E-state index in [1.807, 2.05) is 53.8 Å². The minimum absolute atomic E-state index is 0.679. The number of para-hydroxylation sites is 2. The molecule has 0 amide bonds. The van der Waals surface area contributed by atoms with Crippen molar-refractivity contribution < 1.29 is 9.47 Å². The van der Waals surface area contributed by atoms with E-state index in [0.717, 1.165) is 33.2 Å². The highest BCUT2D eigenvalue weighted by atomic mass is 35.5. The zero-order valence-electron chi connectivity index (χ0n) is 23.9. The molecule has 0 atom stereocenters. The second-order valence-electron chi connectivity index (χ2n) is 11.1. The SMILES string of the molecule is Clc1ccc(-c2cc(N(c3ccc4c(c3)Oc3ccccc3O4)c3ccc4ccccc4c3)cc3sc4ccccc4c23)cc1. The van der Waals surface area contributed by atoms with Crippen LogP contribution in [0.15, 0.2) is 146 Å². The van der Waals surface area contributed by atoms with E-state index in [2.05, 4.69) is 108 Å². The van der Waals surface area contributed by atoms with Gasteiger partial charge in [0.15, 0.2) is 23.0 Å². The van der Waals surface area contributed by atoms with Gasteiger partial charge in [0, 0.05) is 42.6 Å². The molecular weight excluding hydrogens is 594 g/mol. The first-order valence-electron chi connectivity index (χ1n) is 14.8. The van der Waals surface area contributed by atoms with Crippen LogP contribution in [0.3, 0.4) is 0 Å². The largest absolute Gasteiger partial charge is 0.450 e. The van der Waals surface area contributed by atoms with Gasteiger partial charge in [-0.1, -0.05) is 84.4 Å². The first kappa shape index (κ1) is 26.1. The lowest BCUT2D eigenvalue weighted by atomic mass is 9.98. The molecule has 5 heteroatoms. The Hall–Kier alpha value is -5.29. The van der Waals surface area contributed by atoms with Gasteiger partial charge in [-0.2, -0.15) is 0 Å². The monoisotopic (exact) mass is 617 g/mol. The summed E-state index contributed by atoms with van der Waals surface area (Å²) in [5, 5.41) is 5.59. The summed E-state index contributed by atoms with van der Waals surface area (Å²) < 4.78 is 15.0. The Bertz CT molecular complexity index is 2410. The number of hydrogen-bond donors (Lipinski definition) is 0. The van der Waals surface area contributed by atoms with E-state index in [4.69, 9.17) is 21.1 Å². The van der Waals surface area contributed by atoms with Crippen LogP contribution < -0.4 is 14.4 Å². The highest BCUT2D eigenvalue weighted by Gasteiger charge is 2.23. The summed E-state index contributed by atoms with van der Waals surface area (Å²) in [5.41, 5.74) is 5.34. The number of anilines is 3. The van der Waals surface area contributed by atoms with Gasteiger partial charge >= 0.3 is 0 Å². The highest BCUT2D eigenvalue weighted by molar-refractivity contribution is 7.26. The number of hydrogen-bond acceptors (Lipinski definition) is 4. The zero-order chi connectivity index (χ0) is 29.9. The van der Waals surface area contributed by atoms with Crippen LogP contribution in [0.1, 0.15) is 0 Å². The zero-order valence-corrected chi connectivity index (χ0v) is 25.5. The molecule has 214 valence electrons. The number of rotatable bonds is 4. The number of fused-ring (bicyclic) bond motifs is 6. The molecule has 1 aliphatic heterocycles. The maximum absolute atomic E-state index is 6.36. The topological polar surface area (TPSA) is 21.7 Å².